The van der Waals surface area contributed by atoms with Gasteiger partial charge in [-0.3, -0.25) is 4.79 Å². The van der Waals surface area contributed by atoms with Gasteiger partial charge in [-0.15, -0.1) is 0 Å². The Hall–Kier alpha value is -5.77. The van der Waals surface area contributed by atoms with Crippen LogP contribution in [0, 0.1) is 0 Å². The molecule has 1 aliphatic heterocycles. The summed E-state index contributed by atoms with van der Waals surface area (Å²) in [5, 5.41) is 12.5. The Morgan fingerprint density at radius 2 is 0.912 bits per heavy atom. The lowest BCUT2D eigenvalue weighted by atomic mass is 9.91. The molecule has 0 aromatic heterocycles. The zero-order valence-electron chi connectivity index (χ0n) is 38.9. The standard InChI is InChI=1S/C56H62O12/c1-59-46-28-24-44(25-29-46)33-62-39-50(63-34-40-16-8-4-9-17-40)51(58)52(64-38-45-26-30-47(60-2)31-27-45)48(57)32-49-53(65-35-41-18-10-5-11-19-41)54(66-36-42-20-12-6-13-21-42)55(56(61-3)68-49)67-37-43-22-14-7-15-23-43/h4-31,48-50,52-57H,32-39H2,1-3H3/t48-,49+,50-,52+,53+,54-,55-,56-/m0/s1. The Bertz CT molecular complexity index is 2320. The molecular weight excluding hydrogens is 865 g/mol. The molecule has 0 radical (unpaired) electrons. The van der Waals surface area contributed by atoms with E-state index in [0.717, 1.165) is 39.1 Å². The van der Waals surface area contributed by atoms with Gasteiger partial charge in [0.2, 0.25) is 0 Å². The molecule has 358 valence electrons. The highest BCUT2D eigenvalue weighted by Gasteiger charge is 2.50. The molecule has 0 unspecified atom stereocenters. The maximum absolute atomic E-state index is 15.0. The molecule has 6 aromatic rings. The second kappa shape index (κ2) is 26.7. The van der Waals surface area contributed by atoms with Gasteiger partial charge in [0.15, 0.2) is 12.1 Å². The summed E-state index contributed by atoms with van der Waals surface area (Å²) in [5.74, 6) is 0.886. The van der Waals surface area contributed by atoms with Crippen molar-refractivity contribution in [2.75, 3.05) is 27.9 Å². The summed E-state index contributed by atoms with van der Waals surface area (Å²) in [4.78, 5) is 15.0. The van der Waals surface area contributed by atoms with E-state index in [1.54, 1.807) is 21.3 Å². The Labute approximate surface area is 399 Å². The minimum atomic E-state index is -1.44. The normalized spacial score (nSPS) is 19.4. The number of carbonyl (C=O) groups is 1. The first kappa shape index (κ1) is 50.1. The van der Waals surface area contributed by atoms with Gasteiger partial charge in [0.25, 0.3) is 0 Å². The van der Waals surface area contributed by atoms with Gasteiger partial charge in [-0.2, -0.15) is 0 Å². The highest BCUT2D eigenvalue weighted by atomic mass is 16.7. The molecule has 1 heterocycles. The van der Waals surface area contributed by atoms with Crippen molar-refractivity contribution < 1.29 is 57.3 Å². The third kappa shape index (κ3) is 14.9. The van der Waals surface area contributed by atoms with E-state index in [2.05, 4.69) is 0 Å². The number of ketones is 1. The second-order valence-electron chi connectivity index (χ2n) is 16.5. The molecule has 0 amide bonds. The van der Waals surface area contributed by atoms with E-state index in [9.17, 15) is 5.11 Å². The van der Waals surface area contributed by atoms with E-state index >= 15 is 4.79 Å². The molecule has 12 nitrogen and oxygen atoms in total. The van der Waals surface area contributed by atoms with Gasteiger partial charge in [-0.1, -0.05) is 146 Å². The number of hydrogen-bond acceptors (Lipinski definition) is 12. The van der Waals surface area contributed by atoms with E-state index < -0.39 is 54.8 Å². The van der Waals surface area contributed by atoms with Crippen molar-refractivity contribution in [1.82, 2.24) is 0 Å². The fraction of sp³-hybridized carbons (Fsp3) is 0.339. The van der Waals surface area contributed by atoms with Gasteiger partial charge >= 0.3 is 0 Å². The third-order valence-electron chi connectivity index (χ3n) is 11.7. The van der Waals surface area contributed by atoms with Crippen LogP contribution in [0.25, 0.3) is 0 Å². The zero-order chi connectivity index (χ0) is 47.3. The average Bonchev–Trinajstić information content (AvgIpc) is 3.39. The van der Waals surface area contributed by atoms with Crippen molar-refractivity contribution in [3.63, 3.8) is 0 Å². The van der Waals surface area contributed by atoms with Crippen molar-refractivity contribution in [3.05, 3.63) is 203 Å². The third-order valence-corrected chi connectivity index (χ3v) is 11.7. The summed E-state index contributed by atoms with van der Waals surface area (Å²) in [5.41, 5.74) is 5.33. The van der Waals surface area contributed by atoms with E-state index in [4.69, 9.17) is 47.4 Å². The molecule has 68 heavy (non-hydrogen) atoms. The van der Waals surface area contributed by atoms with Gasteiger partial charge < -0.3 is 52.5 Å². The highest BCUT2D eigenvalue weighted by molar-refractivity contribution is 5.88. The van der Waals surface area contributed by atoms with Crippen molar-refractivity contribution in [2.45, 2.75) is 95.1 Å². The number of carbonyl (C=O) groups excluding carboxylic acids is 1. The van der Waals surface area contributed by atoms with Crippen molar-refractivity contribution in [2.24, 2.45) is 0 Å². The van der Waals surface area contributed by atoms with Crippen molar-refractivity contribution >= 4 is 5.78 Å². The van der Waals surface area contributed by atoms with Crippen LogP contribution in [0.5, 0.6) is 11.5 Å². The Kier molecular flexibility index (Phi) is 19.7. The van der Waals surface area contributed by atoms with Gasteiger partial charge in [-0.25, -0.2) is 0 Å². The molecular formula is C56H62O12. The number of ether oxygens (including phenoxy) is 10. The molecule has 1 N–H and O–H groups in total. The molecule has 12 heteroatoms. The van der Waals surface area contributed by atoms with E-state index in [1.165, 1.54) is 0 Å². The first-order valence-electron chi connectivity index (χ1n) is 22.9. The quantitative estimate of drug-likeness (QED) is 0.0530. The number of rotatable bonds is 27. The van der Waals surface area contributed by atoms with Crippen LogP contribution in [0.4, 0.5) is 0 Å². The monoisotopic (exact) mass is 926 g/mol. The molecule has 0 spiro atoms. The summed E-state index contributed by atoms with van der Waals surface area (Å²) >= 11 is 0. The zero-order valence-corrected chi connectivity index (χ0v) is 38.9. The number of aliphatic hydroxyl groups excluding tert-OH is 1. The van der Waals surface area contributed by atoms with Crippen molar-refractivity contribution in [3.8, 4) is 11.5 Å². The summed E-state index contributed by atoms with van der Waals surface area (Å²) in [6, 6.07) is 53.8. The van der Waals surface area contributed by atoms with Crippen LogP contribution < -0.4 is 9.47 Å². The molecule has 1 saturated heterocycles. The first-order valence-corrected chi connectivity index (χ1v) is 22.9. The van der Waals surface area contributed by atoms with Crippen molar-refractivity contribution in [1.29, 1.82) is 0 Å². The van der Waals surface area contributed by atoms with E-state index in [-0.39, 0.29) is 52.7 Å². The number of aliphatic hydroxyl groups is 1. The lowest BCUT2D eigenvalue weighted by Crippen LogP contribution is -2.61. The van der Waals surface area contributed by atoms with Crippen LogP contribution in [-0.4, -0.2) is 87.8 Å². The summed E-state index contributed by atoms with van der Waals surface area (Å²) < 4.78 is 62.7. The topological polar surface area (TPSA) is 130 Å². The van der Waals surface area contributed by atoms with Crippen LogP contribution in [-0.2, 0) is 82.3 Å². The lowest BCUT2D eigenvalue weighted by Gasteiger charge is -2.46. The first-order chi connectivity index (χ1) is 33.4. The fourth-order valence-corrected chi connectivity index (χ4v) is 7.95. The lowest BCUT2D eigenvalue weighted by molar-refractivity contribution is -0.321. The summed E-state index contributed by atoms with van der Waals surface area (Å²) in [6.07, 6.45) is -8.28. The molecule has 0 aliphatic carbocycles. The predicted molar refractivity (Wildman–Crippen MR) is 256 cm³/mol. The van der Waals surface area contributed by atoms with Crippen LogP contribution in [0.2, 0.25) is 0 Å². The van der Waals surface area contributed by atoms with E-state index in [1.807, 2.05) is 170 Å². The molecule has 1 fully saturated rings. The highest BCUT2D eigenvalue weighted by Crippen LogP contribution is 2.34. The largest absolute Gasteiger partial charge is 0.497 e. The van der Waals surface area contributed by atoms with Crippen LogP contribution in [0.15, 0.2) is 170 Å². The molecule has 0 bridgehead atoms. The number of hydrogen-bond donors (Lipinski definition) is 1. The maximum atomic E-state index is 15.0. The van der Waals surface area contributed by atoms with Crippen LogP contribution in [0.1, 0.15) is 39.8 Å². The van der Waals surface area contributed by atoms with Gasteiger partial charge in [0, 0.05) is 13.5 Å². The second-order valence-corrected chi connectivity index (χ2v) is 16.5. The van der Waals surface area contributed by atoms with Gasteiger partial charge in [-0.05, 0) is 57.6 Å². The Morgan fingerprint density at radius 1 is 0.500 bits per heavy atom. The molecule has 8 atom stereocenters. The van der Waals surface area contributed by atoms with E-state index in [0.29, 0.717) is 5.75 Å². The summed E-state index contributed by atoms with van der Waals surface area (Å²) in [7, 11) is 4.75. The van der Waals surface area contributed by atoms with Gasteiger partial charge in [0.05, 0.1) is 72.7 Å². The SMILES string of the molecule is COc1ccc(COC[C@H](OCc2ccccc2)C(=O)[C@H](OCc2ccc(OC)cc2)[C@@H](O)C[C@H]2O[C@H](OC)[C@@H](OCc3ccccc3)[C@@H](OCc3ccccc3)[C@@H]2OCc2ccccc2)cc1. The summed E-state index contributed by atoms with van der Waals surface area (Å²) in [6.45, 7) is 0.884. The fourth-order valence-electron chi connectivity index (χ4n) is 7.95. The molecule has 6 aromatic carbocycles. The minimum Gasteiger partial charge on any atom is -0.497 e. The number of methoxy groups -OCH3 is 3. The maximum Gasteiger partial charge on any atom is 0.195 e. The Morgan fingerprint density at radius 3 is 1.38 bits per heavy atom. The number of Topliss-reactive ketones (excluding diaryl/α,β-unsaturated/α-hetero) is 1. The van der Waals surface area contributed by atoms with Crippen LogP contribution >= 0.6 is 0 Å². The Balaban J connectivity index is 1.19. The number of benzene rings is 6. The molecule has 7 rings (SSSR count). The minimum absolute atomic E-state index is 0.00601. The molecule has 0 saturated carbocycles. The smallest absolute Gasteiger partial charge is 0.195 e. The van der Waals surface area contributed by atoms with Gasteiger partial charge in [0.1, 0.15) is 42.0 Å². The predicted octanol–water partition coefficient (Wildman–Crippen LogP) is 8.84. The average molecular weight is 927 g/mol. The van der Waals surface area contributed by atoms with Crippen LogP contribution in [0.3, 0.4) is 0 Å². The molecule has 1 aliphatic rings.